The quantitative estimate of drug-likeness (QED) is 0.743. The maximum absolute atomic E-state index is 12.1. The molecule has 2 aromatic heterocycles. The van der Waals surface area contributed by atoms with E-state index in [0.717, 1.165) is 18.2 Å². The highest BCUT2D eigenvalue weighted by Gasteiger charge is 2.21. The number of aromatic nitrogens is 2. The summed E-state index contributed by atoms with van der Waals surface area (Å²) < 4.78 is 0. The SMILES string of the molecule is O=C(C#Cc1ccccn1)N1CCN(c2nccs2)CC1. The van der Waals surface area contributed by atoms with E-state index in [2.05, 4.69) is 26.7 Å². The molecule has 0 radical (unpaired) electrons. The molecule has 0 N–H and O–H groups in total. The van der Waals surface area contributed by atoms with Gasteiger partial charge >= 0.3 is 0 Å². The van der Waals surface area contributed by atoms with Crippen LogP contribution in [0, 0.1) is 11.8 Å². The Morgan fingerprint density at radius 3 is 2.67 bits per heavy atom. The highest BCUT2D eigenvalue weighted by atomic mass is 32.1. The summed E-state index contributed by atoms with van der Waals surface area (Å²) in [5.41, 5.74) is 0.618. The molecule has 1 aliphatic rings. The van der Waals surface area contributed by atoms with Crippen LogP contribution in [0.3, 0.4) is 0 Å². The molecule has 0 spiro atoms. The van der Waals surface area contributed by atoms with Crippen LogP contribution < -0.4 is 4.90 Å². The maximum atomic E-state index is 12.1. The molecule has 0 unspecified atom stereocenters. The molecule has 3 rings (SSSR count). The van der Waals surface area contributed by atoms with Crippen LogP contribution in [0.1, 0.15) is 5.69 Å². The van der Waals surface area contributed by atoms with Gasteiger partial charge in [-0.2, -0.15) is 0 Å². The number of hydrogen-bond donors (Lipinski definition) is 0. The number of carbonyl (C=O) groups excluding carboxylic acids is 1. The van der Waals surface area contributed by atoms with E-state index in [-0.39, 0.29) is 5.91 Å². The van der Waals surface area contributed by atoms with Crippen LogP contribution in [0.2, 0.25) is 0 Å². The lowest BCUT2D eigenvalue weighted by Gasteiger charge is -2.33. The molecule has 1 fully saturated rings. The molecule has 2 aromatic rings. The first-order valence-corrected chi connectivity index (χ1v) is 7.57. The first-order valence-electron chi connectivity index (χ1n) is 6.69. The first-order chi connectivity index (χ1) is 10.3. The van der Waals surface area contributed by atoms with Crippen molar-refractivity contribution in [3.63, 3.8) is 0 Å². The van der Waals surface area contributed by atoms with Crippen LogP contribution in [-0.4, -0.2) is 47.0 Å². The van der Waals surface area contributed by atoms with E-state index in [4.69, 9.17) is 0 Å². The Labute approximate surface area is 127 Å². The van der Waals surface area contributed by atoms with Crippen LogP contribution in [0.5, 0.6) is 0 Å². The summed E-state index contributed by atoms with van der Waals surface area (Å²) in [5, 5.41) is 2.98. The Bertz CT molecular complexity index is 652. The van der Waals surface area contributed by atoms with Gasteiger partial charge in [-0.25, -0.2) is 9.97 Å². The lowest BCUT2D eigenvalue weighted by molar-refractivity contribution is -0.125. The maximum Gasteiger partial charge on any atom is 0.299 e. The average molecular weight is 298 g/mol. The third-order valence-electron chi connectivity index (χ3n) is 3.22. The molecule has 6 heteroatoms. The van der Waals surface area contributed by atoms with Crippen molar-refractivity contribution in [3.05, 3.63) is 41.7 Å². The molecule has 1 amide bonds. The number of amides is 1. The molecule has 5 nitrogen and oxygen atoms in total. The number of pyridine rings is 1. The second-order valence-electron chi connectivity index (χ2n) is 4.56. The Kier molecular flexibility index (Phi) is 4.12. The summed E-state index contributed by atoms with van der Waals surface area (Å²) in [7, 11) is 0. The van der Waals surface area contributed by atoms with Gasteiger partial charge in [-0.1, -0.05) is 6.07 Å². The Balaban J connectivity index is 1.57. The van der Waals surface area contributed by atoms with E-state index in [9.17, 15) is 4.79 Å². The Morgan fingerprint density at radius 2 is 2.00 bits per heavy atom. The minimum absolute atomic E-state index is 0.139. The minimum Gasteiger partial charge on any atom is -0.345 e. The van der Waals surface area contributed by atoms with Crippen molar-refractivity contribution in [3.8, 4) is 11.8 Å². The fraction of sp³-hybridized carbons (Fsp3) is 0.267. The van der Waals surface area contributed by atoms with Crippen LogP contribution in [0.25, 0.3) is 0 Å². The van der Waals surface area contributed by atoms with Gasteiger partial charge in [-0.15, -0.1) is 11.3 Å². The molecule has 3 heterocycles. The van der Waals surface area contributed by atoms with Gasteiger partial charge in [0.05, 0.1) is 0 Å². The van der Waals surface area contributed by atoms with Gasteiger partial charge in [0, 0.05) is 49.9 Å². The summed E-state index contributed by atoms with van der Waals surface area (Å²) >= 11 is 1.62. The third kappa shape index (κ3) is 3.38. The van der Waals surface area contributed by atoms with E-state index in [1.165, 1.54) is 0 Å². The van der Waals surface area contributed by atoms with E-state index >= 15 is 0 Å². The number of anilines is 1. The molecule has 0 aromatic carbocycles. The fourth-order valence-corrected chi connectivity index (χ4v) is 2.80. The number of thiazole rings is 1. The largest absolute Gasteiger partial charge is 0.345 e. The second kappa shape index (κ2) is 6.37. The Hall–Kier alpha value is -2.39. The van der Waals surface area contributed by atoms with Crippen molar-refractivity contribution < 1.29 is 4.79 Å². The molecule has 106 valence electrons. The molecule has 0 atom stereocenters. The van der Waals surface area contributed by atoms with Crippen molar-refractivity contribution in [1.29, 1.82) is 0 Å². The van der Waals surface area contributed by atoms with E-state index in [1.807, 2.05) is 17.5 Å². The molecule has 0 bridgehead atoms. The average Bonchev–Trinajstić information content (AvgIpc) is 3.08. The van der Waals surface area contributed by atoms with Gasteiger partial charge in [0.2, 0.25) is 0 Å². The van der Waals surface area contributed by atoms with E-state index in [0.29, 0.717) is 18.8 Å². The lowest BCUT2D eigenvalue weighted by Crippen LogP contribution is -2.48. The monoisotopic (exact) mass is 298 g/mol. The van der Waals surface area contributed by atoms with Crippen molar-refractivity contribution in [1.82, 2.24) is 14.9 Å². The predicted octanol–water partition coefficient (Wildman–Crippen LogP) is 1.24. The highest BCUT2D eigenvalue weighted by Crippen LogP contribution is 2.18. The number of rotatable bonds is 1. The highest BCUT2D eigenvalue weighted by molar-refractivity contribution is 7.13. The van der Waals surface area contributed by atoms with Crippen molar-refractivity contribution in [2.24, 2.45) is 0 Å². The zero-order chi connectivity index (χ0) is 14.5. The minimum atomic E-state index is -0.139. The predicted molar refractivity (Wildman–Crippen MR) is 82.0 cm³/mol. The molecule has 0 aliphatic carbocycles. The first kappa shape index (κ1) is 13.6. The van der Waals surface area contributed by atoms with Crippen LogP contribution in [-0.2, 0) is 4.79 Å². The summed E-state index contributed by atoms with van der Waals surface area (Å²) in [6, 6.07) is 5.47. The molecule has 1 aliphatic heterocycles. The number of nitrogens with zero attached hydrogens (tertiary/aromatic N) is 4. The zero-order valence-corrected chi connectivity index (χ0v) is 12.2. The molecule has 1 saturated heterocycles. The number of carbonyl (C=O) groups is 1. The Morgan fingerprint density at radius 1 is 1.14 bits per heavy atom. The molecular weight excluding hydrogens is 284 g/mol. The van der Waals surface area contributed by atoms with Crippen LogP contribution in [0.4, 0.5) is 5.13 Å². The molecule has 21 heavy (non-hydrogen) atoms. The van der Waals surface area contributed by atoms with Gasteiger partial charge < -0.3 is 9.80 Å². The van der Waals surface area contributed by atoms with Crippen molar-refractivity contribution in [2.45, 2.75) is 0 Å². The smallest absolute Gasteiger partial charge is 0.299 e. The van der Waals surface area contributed by atoms with Gasteiger partial charge in [-0.05, 0) is 18.1 Å². The second-order valence-corrected chi connectivity index (χ2v) is 5.43. The summed E-state index contributed by atoms with van der Waals surface area (Å²) in [4.78, 5) is 24.4. The van der Waals surface area contributed by atoms with Crippen LogP contribution >= 0.6 is 11.3 Å². The van der Waals surface area contributed by atoms with Gasteiger partial charge in [0.25, 0.3) is 5.91 Å². The lowest BCUT2D eigenvalue weighted by atomic mass is 10.3. The van der Waals surface area contributed by atoms with Crippen molar-refractivity contribution in [2.75, 3.05) is 31.1 Å². The van der Waals surface area contributed by atoms with E-state index < -0.39 is 0 Å². The van der Waals surface area contributed by atoms with Crippen LogP contribution in [0.15, 0.2) is 36.0 Å². The summed E-state index contributed by atoms with van der Waals surface area (Å²) in [6.45, 7) is 2.94. The van der Waals surface area contributed by atoms with Gasteiger partial charge in [-0.3, -0.25) is 4.79 Å². The topological polar surface area (TPSA) is 49.3 Å². The summed E-state index contributed by atoms with van der Waals surface area (Å²) in [6.07, 6.45) is 3.47. The molecule has 0 saturated carbocycles. The van der Waals surface area contributed by atoms with Gasteiger partial charge in [0.15, 0.2) is 5.13 Å². The molecular formula is C15H14N4OS. The fourth-order valence-electron chi connectivity index (χ4n) is 2.11. The zero-order valence-electron chi connectivity index (χ0n) is 11.4. The summed E-state index contributed by atoms with van der Waals surface area (Å²) in [5.74, 6) is 5.33. The van der Waals surface area contributed by atoms with Crippen molar-refractivity contribution >= 4 is 22.4 Å². The van der Waals surface area contributed by atoms with E-state index in [1.54, 1.807) is 34.7 Å². The number of hydrogen-bond acceptors (Lipinski definition) is 5. The standard InChI is InChI=1S/C15H14N4OS/c20-14(5-4-13-3-1-2-6-16-13)18-8-10-19(11-9-18)15-17-7-12-21-15/h1-3,6-7,12H,8-11H2. The van der Waals surface area contributed by atoms with Gasteiger partial charge in [0.1, 0.15) is 5.69 Å². The number of piperazine rings is 1. The normalized spacial score (nSPS) is 14.5. The third-order valence-corrected chi connectivity index (χ3v) is 4.05.